The minimum Gasteiger partial charge on any atom is -0.378 e. The molecule has 0 aliphatic heterocycles. The van der Waals surface area contributed by atoms with Gasteiger partial charge in [-0.05, 0) is 6.42 Å². The Morgan fingerprint density at radius 1 is 1.17 bits per heavy atom. The van der Waals surface area contributed by atoms with Gasteiger partial charge in [0, 0.05) is 8.86 Å². The first-order valence-electron chi connectivity index (χ1n) is 4.16. The Morgan fingerprint density at radius 3 is 2.33 bits per heavy atom. The van der Waals surface area contributed by atoms with Crippen molar-refractivity contribution in [3.63, 3.8) is 0 Å². The second kappa shape index (κ2) is 10.5. The fourth-order valence-corrected chi connectivity index (χ4v) is 1.33. The van der Waals surface area contributed by atoms with Crippen LogP contribution in [0.1, 0.15) is 13.3 Å². The Hall–Kier alpha value is 1.38. The highest BCUT2D eigenvalue weighted by Gasteiger charge is 2.05. The molecule has 0 aliphatic carbocycles. The summed E-state index contributed by atoms with van der Waals surface area (Å²) in [7, 11) is 0. The third kappa shape index (κ3) is 8.00. The summed E-state index contributed by atoms with van der Waals surface area (Å²) in [6, 6.07) is 0. The first kappa shape index (κ1) is 13.4. The van der Waals surface area contributed by atoms with Crippen LogP contribution in [0.2, 0.25) is 0 Å². The van der Waals surface area contributed by atoms with Gasteiger partial charge < -0.3 is 9.47 Å². The zero-order valence-corrected chi connectivity index (χ0v) is 11.7. The summed E-state index contributed by atoms with van der Waals surface area (Å²) in [6.07, 6.45) is 1.33. The van der Waals surface area contributed by atoms with Gasteiger partial charge in [-0.2, -0.15) is 0 Å². The van der Waals surface area contributed by atoms with Crippen molar-refractivity contribution in [2.24, 2.45) is 0 Å². The van der Waals surface area contributed by atoms with E-state index in [0.29, 0.717) is 6.10 Å². The molecule has 0 saturated carbocycles. The molecule has 4 heteroatoms. The highest BCUT2D eigenvalue weighted by Crippen LogP contribution is 2.00. The van der Waals surface area contributed by atoms with Gasteiger partial charge in [-0.15, -0.1) is 0 Å². The van der Waals surface area contributed by atoms with Gasteiger partial charge in [0.2, 0.25) is 0 Å². The van der Waals surface area contributed by atoms with Gasteiger partial charge in [0.25, 0.3) is 0 Å². The molecule has 74 valence electrons. The standard InChI is InChI=1S/C8H16I2O2/c1-2-8(12-6-4-10)7-11-5-3-9/h8H,2-7H2,1H3. The Balaban J connectivity index is 3.26. The molecule has 0 radical (unpaired) electrons. The van der Waals surface area contributed by atoms with Crippen LogP contribution < -0.4 is 0 Å². The lowest BCUT2D eigenvalue weighted by Crippen LogP contribution is -2.20. The second-order valence-electron chi connectivity index (χ2n) is 2.35. The largest absolute Gasteiger partial charge is 0.378 e. The molecule has 2 nitrogen and oxygen atoms in total. The van der Waals surface area contributed by atoms with Crippen LogP contribution in [0.15, 0.2) is 0 Å². The molecule has 0 aliphatic rings. The van der Waals surface area contributed by atoms with Crippen molar-refractivity contribution in [3.8, 4) is 0 Å². The lowest BCUT2D eigenvalue weighted by atomic mass is 10.3. The predicted molar refractivity (Wildman–Crippen MR) is 68.6 cm³/mol. The molecule has 0 aromatic heterocycles. The van der Waals surface area contributed by atoms with Crippen molar-refractivity contribution in [1.82, 2.24) is 0 Å². The van der Waals surface area contributed by atoms with E-state index in [1.807, 2.05) is 0 Å². The molecular weight excluding hydrogens is 382 g/mol. The van der Waals surface area contributed by atoms with Crippen molar-refractivity contribution in [2.75, 3.05) is 28.7 Å². The van der Waals surface area contributed by atoms with E-state index in [2.05, 4.69) is 52.1 Å². The molecule has 0 bridgehead atoms. The van der Waals surface area contributed by atoms with Crippen LogP contribution in [0.3, 0.4) is 0 Å². The monoisotopic (exact) mass is 398 g/mol. The summed E-state index contributed by atoms with van der Waals surface area (Å²) in [5.41, 5.74) is 0. The minimum atomic E-state index is 0.294. The maximum absolute atomic E-state index is 5.55. The Morgan fingerprint density at radius 2 is 1.83 bits per heavy atom. The molecule has 0 N–H and O–H groups in total. The van der Waals surface area contributed by atoms with E-state index in [-0.39, 0.29) is 0 Å². The summed E-state index contributed by atoms with van der Waals surface area (Å²) in [6.45, 7) is 4.55. The molecule has 0 amide bonds. The van der Waals surface area contributed by atoms with Gasteiger partial charge in [0.15, 0.2) is 0 Å². The third-order valence-electron chi connectivity index (χ3n) is 1.41. The van der Waals surface area contributed by atoms with Gasteiger partial charge in [0.05, 0.1) is 25.9 Å². The van der Waals surface area contributed by atoms with Crippen LogP contribution in [0.5, 0.6) is 0 Å². The van der Waals surface area contributed by atoms with Crippen LogP contribution in [0, 0.1) is 0 Å². The number of hydrogen-bond acceptors (Lipinski definition) is 2. The fraction of sp³-hybridized carbons (Fsp3) is 1.00. The maximum Gasteiger partial charge on any atom is 0.0806 e. The lowest BCUT2D eigenvalue weighted by Gasteiger charge is -2.14. The second-order valence-corrected chi connectivity index (χ2v) is 4.51. The number of hydrogen-bond donors (Lipinski definition) is 0. The summed E-state index contributed by atoms with van der Waals surface area (Å²) in [4.78, 5) is 0. The van der Waals surface area contributed by atoms with E-state index < -0.39 is 0 Å². The summed E-state index contributed by atoms with van der Waals surface area (Å²) < 4.78 is 13.1. The number of rotatable bonds is 8. The van der Waals surface area contributed by atoms with Crippen molar-refractivity contribution in [2.45, 2.75) is 19.4 Å². The topological polar surface area (TPSA) is 18.5 Å². The van der Waals surface area contributed by atoms with E-state index in [1.54, 1.807) is 0 Å². The molecular formula is C8H16I2O2. The highest BCUT2D eigenvalue weighted by atomic mass is 127. The maximum atomic E-state index is 5.55. The van der Waals surface area contributed by atoms with E-state index in [9.17, 15) is 0 Å². The van der Waals surface area contributed by atoms with Crippen LogP contribution in [-0.2, 0) is 9.47 Å². The average Bonchev–Trinajstić information content (AvgIpc) is 2.11. The molecule has 1 atom stereocenters. The van der Waals surface area contributed by atoms with Crippen LogP contribution in [0.4, 0.5) is 0 Å². The molecule has 0 heterocycles. The van der Waals surface area contributed by atoms with Gasteiger partial charge in [-0.1, -0.05) is 52.1 Å². The normalized spacial score (nSPS) is 13.2. The summed E-state index contributed by atoms with van der Waals surface area (Å²) in [5.74, 6) is 0. The van der Waals surface area contributed by atoms with Crippen molar-refractivity contribution < 1.29 is 9.47 Å². The molecule has 0 aromatic rings. The van der Waals surface area contributed by atoms with Crippen molar-refractivity contribution in [3.05, 3.63) is 0 Å². The minimum absolute atomic E-state index is 0.294. The van der Waals surface area contributed by atoms with Crippen LogP contribution >= 0.6 is 45.2 Å². The van der Waals surface area contributed by atoms with Gasteiger partial charge in [-0.25, -0.2) is 0 Å². The Labute approximate surface area is 102 Å². The first-order valence-corrected chi connectivity index (χ1v) is 7.21. The molecule has 12 heavy (non-hydrogen) atoms. The quantitative estimate of drug-likeness (QED) is 0.356. The molecule has 0 aromatic carbocycles. The van der Waals surface area contributed by atoms with E-state index in [0.717, 1.165) is 35.1 Å². The molecule has 0 fully saturated rings. The van der Waals surface area contributed by atoms with Crippen LogP contribution in [0.25, 0.3) is 0 Å². The van der Waals surface area contributed by atoms with Crippen molar-refractivity contribution >= 4 is 45.2 Å². The van der Waals surface area contributed by atoms with Gasteiger partial charge in [-0.3, -0.25) is 0 Å². The van der Waals surface area contributed by atoms with Gasteiger partial charge in [0.1, 0.15) is 0 Å². The predicted octanol–water partition coefficient (Wildman–Crippen LogP) is 2.67. The lowest BCUT2D eigenvalue weighted by molar-refractivity contribution is -0.00709. The average molecular weight is 398 g/mol. The first-order chi connectivity index (χ1) is 5.85. The molecule has 0 rings (SSSR count). The Bertz CT molecular complexity index is 91.1. The number of alkyl halides is 2. The third-order valence-corrected chi connectivity index (χ3v) is 2.29. The molecule has 1 unspecified atom stereocenters. The molecule has 0 spiro atoms. The highest BCUT2D eigenvalue weighted by molar-refractivity contribution is 14.1. The zero-order chi connectivity index (χ0) is 9.23. The summed E-state index contributed by atoms with van der Waals surface area (Å²) in [5, 5.41) is 0. The van der Waals surface area contributed by atoms with Crippen molar-refractivity contribution in [1.29, 1.82) is 0 Å². The Kier molecular flexibility index (Phi) is 11.7. The molecule has 0 saturated heterocycles. The smallest absolute Gasteiger partial charge is 0.0806 e. The number of ether oxygens (including phenoxy) is 2. The summed E-state index contributed by atoms with van der Waals surface area (Å²) >= 11 is 4.62. The number of halogens is 2. The fourth-order valence-electron chi connectivity index (χ4n) is 0.764. The van der Waals surface area contributed by atoms with E-state index in [1.165, 1.54) is 0 Å². The van der Waals surface area contributed by atoms with Gasteiger partial charge >= 0.3 is 0 Å². The SMILES string of the molecule is CCC(COCCI)OCCI. The van der Waals surface area contributed by atoms with Crippen LogP contribution in [-0.4, -0.2) is 34.8 Å². The zero-order valence-electron chi connectivity index (χ0n) is 7.39. The van der Waals surface area contributed by atoms with E-state index in [4.69, 9.17) is 9.47 Å². The van der Waals surface area contributed by atoms with E-state index >= 15 is 0 Å².